The molecule has 0 aromatic heterocycles. The van der Waals surface area contributed by atoms with Gasteiger partial charge in [-0.05, 0) is 32.1 Å². The molecule has 2 aliphatic heterocycles. The van der Waals surface area contributed by atoms with Crippen LogP contribution < -0.4 is 0 Å². The molecule has 3 rings (SSSR count). The zero-order chi connectivity index (χ0) is 15.0. The molecule has 2 saturated heterocycles. The minimum absolute atomic E-state index is 0.322. The molecule has 8 heteroatoms. The fraction of sp³-hybridized carbons (Fsp3) is 0.923. The third-order valence-corrected chi connectivity index (χ3v) is 6.75. The Hall–Kier alpha value is -0.700. The third-order valence-electron chi connectivity index (χ3n) is 4.70. The van der Waals surface area contributed by atoms with Crippen LogP contribution in [-0.2, 0) is 15.0 Å². The number of piperidine rings is 1. The first-order chi connectivity index (χ1) is 10.00. The summed E-state index contributed by atoms with van der Waals surface area (Å²) < 4.78 is 28.1. The molecule has 7 nitrogen and oxygen atoms in total. The highest BCUT2D eigenvalue weighted by Gasteiger charge is 2.42. The van der Waals surface area contributed by atoms with Crippen LogP contribution in [0, 0.1) is 0 Å². The molecule has 3 aliphatic rings. The Labute approximate surface area is 125 Å². The zero-order valence-electron chi connectivity index (χ0n) is 12.1. The molecule has 1 saturated carbocycles. The second-order valence-corrected chi connectivity index (χ2v) is 8.02. The average molecular weight is 317 g/mol. The number of carboxylic acid groups (broad SMARTS) is 1. The summed E-state index contributed by atoms with van der Waals surface area (Å²) in [7, 11) is -3.65. The van der Waals surface area contributed by atoms with Gasteiger partial charge in [-0.1, -0.05) is 0 Å². The number of nitrogens with zero attached hydrogens (tertiary/aromatic N) is 3. The highest BCUT2D eigenvalue weighted by molar-refractivity contribution is 7.86. The van der Waals surface area contributed by atoms with Crippen molar-refractivity contribution in [3.05, 3.63) is 0 Å². The van der Waals surface area contributed by atoms with E-state index in [0.29, 0.717) is 32.1 Å². The first-order valence-electron chi connectivity index (χ1n) is 7.74. The van der Waals surface area contributed by atoms with Crippen LogP contribution in [-0.4, -0.2) is 77.8 Å². The van der Waals surface area contributed by atoms with E-state index in [1.54, 1.807) is 0 Å². The van der Waals surface area contributed by atoms with Crippen molar-refractivity contribution in [1.29, 1.82) is 0 Å². The Morgan fingerprint density at radius 1 is 0.952 bits per heavy atom. The van der Waals surface area contributed by atoms with Gasteiger partial charge in [-0.15, -0.1) is 0 Å². The minimum atomic E-state index is -3.65. The lowest BCUT2D eigenvalue weighted by molar-refractivity contribution is -0.142. The molecule has 0 amide bonds. The summed E-state index contributed by atoms with van der Waals surface area (Å²) >= 11 is 0. The van der Waals surface area contributed by atoms with E-state index >= 15 is 0 Å². The fourth-order valence-corrected chi connectivity index (χ4v) is 5.11. The summed E-state index contributed by atoms with van der Waals surface area (Å²) in [6, 6.07) is -0.248. The topological polar surface area (TPSA) is 81.2 Å². The zero-order valence-corrected chi connectivity index (χ0v) is 13.0. The van der Waals surface area contributed by atoms with E-state index in [1.807, 2.05) is 0 Å². The van der Waals surface area contributed by atoms with E-state index in [1.165, 1.54) is 21.5 Å². The maximum Gasteiger partial charge on any atom is 0.322 e. The Balaban J connectivity index is 1.68. The van der Waals surface area contributed by atoms with Gasteiger partial charge in [-0.2, -0.15) is 17.0 Å². The molecule has 3 fully saturated rings. The van der Waals surface area contributed by atoms with Crippen LogP contribution in [0.1, 0.15) is 32.1 Å². The van der Waals surface area contributed by atoms with Crippen LogP contribution in [0.5, 0.6) is 0 Å². The molecule has 0 aromatic carbocycles. The average Bonchev–Trinajstić information content (AvgIpc) is 3.32. The number of piperazine rings is 1. The summed E-state index contributed by atoms with van der Waals surface area (Å²) in [5.74, 6) is -1.03. The van der Waals surface area contributed by atoms with Gasteiger partial charge in [-0.3, -0.25) is 9.69 Å². The molecule has 1 aliphatic carbocycles. The minimum Gasteiger partial charge on any atom is -0.480 e. The predicted octanol–water partition coefficient (Wildman–Crippen LogP) is -0.0497. The molecular formula is C13H23N3O4S. The Kier molecular flexibility index (Phi) is 4.22. The molecule has 1 atom stereocenters. The maximum absolute atomic E-state index is 12.7. The first kappa shape index (κ1) is 15.2. The molecule has 0 bridgehead atoms. The van der Waals surface area contributed by atoms with Crippen molar-refractivity contribution >= 4 is 16.2 Å². The number of carbonyl (C=O) groups is 1. The lowest BCUT2D eigenvalue weighted by Crippen LogP contribution is -2.57. The van der Waals surface area contributed by atoms with Gasteiger partial charge in [0, 0.05) is 38.8 Å². The second kappa shape index (κ2) is 5.83. The van der Waals surface area contributed by atoms with Crippen LogP contribution in [0.25, 0.3) is 0 Å². The van der Waals surface area contributed by atoms with Gasteiger partial charge in [0.15, 0.2) is 0 Å². The SMILES string of the molecule is O=C(O)C1CCCCN1S(=O)(=O)N1CCN(C2CC2)CC1. The first-order valence-corrected chi connectivity index (χ1v) is 9.13. The van der Waals surface area contributed by atoms with Crippen molar-refractivity contribution in [3.8, 4) is 0 Å². The predicted molar refractivity (Wildman–Crippen MR) is 77.1 cm³/mol. The number of hydrogen-bond acceptors (Lipinski definition) is 4. The Morgan fingerprint density at radius 2 is 1.62 bits per heavy atom. The van der Waals surface area contributed by atoms with E-state index in [2.05, 4.69) is 4.90 Å². The molecule has 21 heavy (non-hydrogen) atoms. The highest BCUT2D eigenvalue weighted by atomic mass is 32.2. The van der Waals surface area contributed by atoms with E-state index < -0.39 is 22.2 Å². The quantitative estimate of drug-likeness (QED) is 0.786. The molecule has 1 unspecified atom stereocenters. The molecule has 120 valence electrons. The summed E-state index contributed by atoms with van der Waals surface area (Å²) in [6.45, 7) is 2.79. The summed E-state index contributed by atoms with van der Waals surface area (Å²) in [5, 5.41) is 9.26. The van der Waals surface area contributed by atoms with E-state index in [4.69, 9.17) is 0 Å². The van der Waals surface area contributed by atoms with Crippen molar-refractivity contribution < 1.29 is 18.3 Å². The summed E-state index contributed by atoms with van der Waals surface area (Å²) in [4.78, 5) is 13.7. The van der Waals surface area contributed by atoms with Crippen molar-refractivity contribution in [1.82, 2.24) is 13.5 Å². The van der Waals surface area contributed by atoms with Crippen molar-refractivity contribution in [2.75, 3.05) is 32.7 Å². The standard InChI is InChI=1S/C13H23N3O4S/c17-13(18)12-3-1-2-6-16(12)21(19,20)15-9-7-14(8-10-15)11-4-5-11/h11-12H,1-10H2,(H,17,18). The van der Waals surface area contributed by atoms with Crippen LogP contribution >= 0.6 is 0 Å². The molecule has 0 aromatic rings. The van der Waals surface area contributed by atoms with Crippen molar-refractivity contribution in [2.45, 2.75) is 44.2 Å². The van der Waals surface area contributed by atoms with E-state index in [0.717, 1.165) is 25.9 Å². The Bertz CT molecular complexity index is 498. The van der Waals surface area contributed by atoms with Crippen molar-refractivity contribution in [3.63, 3.8) is 0 Å². The van der Waals surface area contributed by atoms with Gasteiger partial charge in [-0.25, -0.2) is 0 Å². The van der Waals surface area contributed by atoms with Crippen LogP contribution in [0.4, 0.5) is 0 Å². The molecule has 2 heterocycles. The van der Waals surface area contributed by atoms with Gasteiger partial charge in [0.1, 0.15) is 6.04 Å². The highest BCUT2D eigenvalue weighted by Crippen LogP contribution is 2.29. The summed E-state index contributed by atoms with van der Waals surface area (Å²) in [5.41, 5.74) is 0. The second-order valence-electron chi connectivity index (χ2n) is 6.13. The normalized spacial score (nSPS) is 30.4. The van der Waals surface area contributed by atoms with Gasteiger partial charge in [0.05, 0.1) is 0 Å². The number of carboxylic acids is 1. The van der Waals surface area contributed by atoms with Gasteiger partial charge in [0.25, 0.3) is 10.2 Å². The molecule has 0 radical (unpaired) electrons. The van der Waals surface area contributed by atoms with Gasteiger partial charge >= 0.3 is 5.97 Å². The van der Waals surface area contributed by atoms with Gasteiger partial charge < -0.3 is 5.11 Å². The van der Waals surface area contributed by atoms with E-state index in [-0.39, 0.29) is 0 Å². The largest absolute Gasteiger partial charge is 0.480 e. The molecule has 1 N–H and O–H groups in total. The number of aliphatic carboxylic acids is 1. The van der Waals surface area contributed by atoms with Crippen LogP contribution in [0.2, 0.25) is 0 Å². The maximum atomic E-state index is 12.7. The molecule has 0 spiro atoms. The monoisotopic (exact) mass is 317 g/mol. The Morgan fingerprint density at radius 3 is 2.19 bits per heavy atom. The lowest BCUT2D eigenvalue weighted by atomic mass is 10.1. The van der Waals surface area contributed by atoms with Crippen LogP contribution in [0.3, 0.4) is 0 Å². The summed E-state index contributed by atoms with van der Waals surface area (Å²) in [6.07, 6.45) is 4.38. The fourth-order valence-electron chi connectivity index (χ4n) is 3.32. The smallest absolute Gasteiger partial charge is 0.322 e. The van der Waals surface area contributed by atoms with Crippen LogP contribution in [0.15, 0.2) is 0 Å². The van der Waals surface area contributed by atoms with Crippen molar-refractivity contribution in [2.24, 2.45) is 0 Å². The number of rotatable bonds is 4. The number of hydrogen-bond donors (Lipinski definition) is 1. The third kappa shape index (κ3) is 3.08. The molecular weight excluding hydrogens is 294 g/mol. The van der Waals surface area contributed by atoms with E-state index in [9.17, 15) is 18.3 Å². The lowest BCUT2D eigenvalue weighted by Gasteiger charge is -2.39. The van der Waals surface area contributed by atoms with Gasteiger partial charge in [0.2, 0.25) is 0 Å².